The van der Waals surface area contributed by atoms with Crippen LogP contribution in [0.25, 0.3) is 0 Å². The van der Waals surface area contributed by atoms with Crippen molar-refractivity contribution in [1.29, 1.82) is 0 Å². The van der Waals surface area contributed by atoms with Crippen molar-refractivity contribution >= 4 is 5.97 Å². The lowest BCUT2D eigenvalue weighted by atomic mass is 10.0. The van der Waals surface area contributed by atoms with Gasteiger partial charge in [0.1, 0.15) is 5.76 Å². The number of ether oxygens (including phenoxy) is 1. The molecule has 3 atom stereocenters. The number of furan rings is 1. The van der Waals surface area contributed by atoms with Gasteiger partial charge in [-0.05, 0) is 45.7 Å². The Morgan fingerprint density at radius 3 is 2.86 bits per heavy atom. The SMILES string of the molecule is COC(=O)c1oc([C@H](C)N(C)C[C@H]2CCC[C@H]2O)cc1C. The van der Waals surface area contributed by atoms with Crippen LogP contribution in [0.3, 0.4) is 0 Å². The van der Waals surface area contributed by atoms with E-state index in [4.69, 9.17) is 9.15 Å². The lowest BCUT2D eigenvalue weighted by Crippen LogP contribution is -2.31. The number of aliphatic hydroxyl groups is 1. The van der Waals surface area contributed by atoms with Gasteiger partial charge in [-0.2, -0.15) is 0 Å². The van der Waals surface area contributed by atoms with Gasteiger partial charge in [-0.25, -0.2) is 4.79 Å². The molecule has 0 spiro atoms. The van der Waals surface area contributed by atoms with Gasteiger partial charge in [-0.15, -0.1) is 0 Å². The molecule has 1 fully saturated rings. The maximum absolute atomic E-state index is 11.6. The predicted octanol–water partition coefficient (Wildman–Crippen LogP) is 2.53. The Morgan fingerprint density at radius 1 is 1.57 bits per heavy atom. The van der Waals surface area contributed by atoms with Crippen LogP contribution >= 0.6 is 0 Å². The molecule has 1 heterocycles. The highest BCUT2D eigenvalue weighted by atomic mass is 16.5. The van der Waals surface area contributed by atoms with Gasteiger partial charge in [0.25, 0.3) is 0 Å². The number of methoxy groups -OCH3 is 1. The number of esters is 1. The fourth-order valence-corrected chi connectivity index (χ4v) is 2.98. The molecule has 1 aliphatic rings. The summed E-state index contributed by atoms with van der Waals surface area (Å²) < 4.78 is 10.4. The standard InChI is InChI=1S/C16H25NO4/c1-10-8-14(21-15(10)16(19)20-4)11(2)17(3)9-12-6-5-7-13(12)18/h8,11-13,18H,5-7,9H2,1-4H3/t11-,12+,13+/m0/s1. The van der Waals surface area contributed by atoms with E-state index in [1.165, 1.54) is 7.11 Å². The van der Waals surface area contributed by atoms with Crippen LogP contribution in [0, 0.1) is 12.8 Å². The Hall–Kier alpha value is -1.33. The van der Waals surface area contributed by atoms with E-state index in [1.807, 2.05) is 27.0 Å². The first-order chi connectivity index (χ1) is 9.93. The zero-order chi connectivity index (χ0) is 15.6. The first-order valence-electron chi connectivity index (χ1n) is 7.51. The third kappa shape index (κ3) is 3.47. The molecule has 0 aliphatic heterocycles. The van der Waals surface area contributed by atoms with E-state index in [-0.39, 0.29) is 17.9 Å². The fourth-order valence-electron chi connectivity index (χ4n) is 2.98. The van der Waals surface area contributed by atoms with E-state index in [1.54, 1.807) is 0 Å². The van der Waals surface area contributed by atoms with Gasteiger partial charge >= 0.3 is 5.97 Å². The van der Waals surface area contributed by atoms with Crippen molar-refractivity contribution in [3.63, 3.8) is 0 Å². The molecule has 118 valence electrons. The largest absolute Gasteiger partial charge is 0.463 e. The molecular formula is C16H25NO4. The summed E-state index contributed by atoms with van der Waals surface area (Å²) in [6.07, 6.45) is 2.88. The second kappa shape index (κ2) is 6.62. The number of carbonyl (C=O) groups excluding carboxylic acids is 1. The monoisotopic (exact) mass is 295 g/mol. The molecule has 0 bridgehead atoms. The Kier molecular flexibility index (Phi) is 5.06. The van der Waals surface area contributed by atoms with Crippen molar-refractivity contribution < 1.29 is 19.1 Å². The molecule has 21 heavy (non-hydrogen) atoms. The second-order valence-corrected chi connectivity index (χ2v) is 6.03. The van der Waals surface area contributed by atoms with Gasteiger partial charge in [-0.3, -0.25) is 4.90 Å². The zero-order valence-electron chi connectivity index (χ0n) is 13.3. The highest BCUT2D eigenvalue weighted by molar-refractivity contribution is 5.87. The van der Waals surface area contributed by atoms with Crippen LogP contribution in [0.4, 0.5) is 0 Å². The van der Waals surface area contributed by atoms with Crippen LogP contribution in [0.15, 0.2) is 10.5 Å². The highest BCUT2D eigenvalue weighted by Crippen LogP contribution is 2.30. The maximum Gasteiger partial charge on any atom is 0.374 e. The Bertz CT molecular complexity index is 496. The average molecular weight is 295 g/mol. The number of nitrogens with zero attached hydrogens (tertiary/aromatic N) is 1. The molecule has 5 nitrogen and oxygen atoms in total. The summed E-state index contributed by atoms with van der Waals surface area (Å²) in [7, 11) is 3.37. The molecule has 1 aromatic rings. The number of aliphatic hydroxyl groups excluding tert-OH is 1. The van der Waals surface area contributed by atoms with Gasteiger partial charge in [-0.1, -0.05) is 6.42 Å². The predicted molar refractivity (Wildman–Crippen MR) is 79.2 cm³/mol. The number of carbonyl (C=O) groups is 1. The van der Waals surface area contributed by atoms with E-state index < -0.39 is 5.97 Å². The third-order valence-electron chi connectivity index (χ3n) is 4.52. The Labute approximate surface area is 125 Å². The second-order valence-electron chi connectivity index (χ2n) is 6.03. The molecule has 0 radical (unpaired) electrons. The van der Waals surface area contributed by atoms with E-state index in [2.05, 4.69) is 4.90 Å². The fraction of sp³-hybridized carbons (Fsp3) is 0.688. The van der Waals surface area contributed by atoms with E-state index in [0.29, 0.717) is 5.92 Å². The minimum atomic E-state index is -0.445. The van der Waals surface area contributed by atoms with E-state index >= 15 is 0 Å². The minimum Gasteiger partial charge on any atom is -0.463 e. The summed E-state index contributed by atoms with van der Waals surface area (Å²) in [4.78, 5) is 13.8. The topological polar surface area (TPSA) is 62.9 Å². The van der Waals surface area contributed by atoms with E-state index in [0.717, 1.165) is 37.1 Å². The highest BCUT2D eigenvalue weighted by Gasteiger charge is 2.29. The molecule has 2 rings (SSSR count). The molecule has 0 amide bonds. The molecule has 1 N–H and O–H groups in total. The zero-order valence-corrected chi connectivity index (χ0v) is 13.3. The summed E-state index contributed by atoms with van der Waals surface area (Å²) >= 11 is 0. The molecule has 5 heteroatoms. The van der Waals surface area contributed by atoms with E-state index in [9.17, 15) is 9.90 Å². The van der Waals surface area contributed by atoms with Crippen molar-refractivity contribution in [2.75, 3.05) is 20.7 Å². The molecular weight excluding hydrogens is 270 g/mol. The summed E-state index contributed by atoms with van der Waals surface area (Å²) in [5, 5.41) is 9.93. The van der Waals surface area contributed by atoms with Crippen molar-refractivity contribution in [3.8, 4) is 0 Å². The summed E-state index contributed by atoms with van der Waals surface area (Å²) in [6, 6.07) is 1.94. The maximum atomic E-state index is 11.6. The number of hydrogen-bond donors (Lipinski definition) is 1. The van der Waals surface area contributed by atoms with Crippen molar-refractivity contribution in [2.45, 2.75) is 45.3 Å². The Balaban J connectivity index is 2.05. The van der Waals surface area contributed by atoms with Crippen molar-refractivity contribution in [3.05, 3.63) is 23.2 Å². The minimum absolute atomic E-state index is 0.0508. The van der Waals surface area contributed by atoms with Crippen molar-refractivity contribution in [2.24, 2.45) is 5.92 Å². The quantitative estimate of drug-likeness (QED) is 0.846. The lowest BCUT2D eigenvalue weighted by Gasteiger charge is -2.27. The van der Waals surface area contributed by atoms with Gasteiger partial charge in [0.05, 0.1) is 19.3 Å². The lowest BCUT2D eigenvalue weighted by molar-refractivity contribution is 0.0556. The molecule has 1 aliphatic carbocycles. The first kappa shape index (κ1) is 16.0. The van der Waals surface area contributed by atoms with Crippen LogP contribution in [0.1, 0.15) is 54.1 Å². The summed E-state index contributed by atoms with van der Waals surface area (Å²) in [6.45, 7) is 4.71. The first-order valence-corrected chi connectivity index (χ1v) is 7.51. The van der Waals surface area contributed by atoms with Crippen LogP contribution in [-0.2, 0) is 4.74 Å². The molecule has 1 aromatic heterocycles. The van der Waals surface area contributed by atoms with Gasteiger partial charge in [0.2, 0.25) is 5.76 Å². The molecule has 0 saturated heterocycles. The summed E-state index contributed by atoms with van der Waals surface area (Å²) in [5.41, 5.74) is 0.790. The van der Waals surface area contributed by atoms with Gasteiger partial charge in [0.15, 0.2) is 0 Å². The number of rotatable bonds is 5. The number of hydrogen-bond acceptors (Lipinski definition) is 5. The van der Waals surface area contributed by atoms with Gasteiger partial charge in [0, 0.05) is 12.1 Å². The molecule has 0 unspecified atom stereocenters. The van der Waals surface area contributed by atoms with Crippen LogP contribution in [-0.4, -0.2) is 42.8 Å². The van der Waals surface area contributed by atoms with Crippen LogP contribution < -0.4 is 0 Å². The third-order valence-corrected chi connectivity index (χ3v) is 4.52. The molecule has 0 aromatic carbocycles. The smallest absolute Gasteiger partial charge is 0.374 e. The summed E-state index contributed by atoms with van der Waals surface area (Å²) in [5.74, 6) is 0.907. The van der Waals surface area contributed by atoms with Crippen LogP contribution in [0.5, 0.6) is 0 Å². The normalized spacial score (nSPS) is 23.5. The van der Waals surface area contributed by atoms with Crippen molar-refractivity contribution in [1.82, 2.24) is 4.90 Å². The Morgan fingerprint density at radius 2 is 2.29 bits per heavy atom. The molecule has 1 saturated carbocycles. The number of aryl methyl sites for hydroxylation is 1. The average Bonchev–Trinajstić information content (AvgIpc) is 3.04. The van der Waals surface area contributed by atoms with Crippen LogP contribution in [0.2, 0.25) is 0 Å². The van der Waals surface area contributed by atoms with Gasteiger partial charge < -0.3 is 14.3 Å².